The third-order valence-electron chi connectivity index (χ3n) is 6.24. The van der Waals surface area contributed by atoms with Gasteiger partial charge in [0.2, 0.25) is 5.78 Å². The van der Waals surface area contributed by atoms with Crippen LogP contribution in [-0.4, -0.2) is 79.7 Å². The van der Waals surface area contributed by atoms with Crippen molar-refractivity contribution < 1.29 is 28.9 Å². The Bertz CT molecular complexity index is 1060. The number of rotatable bonds is 11. The molecule has 0 bridgehead atoms. The number of methoxy groups -OCH3 is 1. The van der Waals surface area contributed by atoms with E-state index in [1.807, 2.05) is 13.0 Å². The summed E-state index contributed by atoms with van der Waals surface area (Å²) in [5.41, 5.74) is 0.794. The van der Waals surface area contributed by atoms with E-state index in [9.17, 15) is 14.7 Å². The molecule has 0 unspecified atom stereocenters. The van der Waals surface area contributed by atoms with E-state index in [1.165, 1.54) is 11.3 Å². The molecular formula is C26H32N2O6S. The van der Waals surface area contributed by atoms with Crippen LogP contribution in [0.4, 0.5) is 0 Å². The second-order valence-electron chi connectivity index (χ2n) is 8.54. The largest absolute Gasteiger partial charge is 0.503 e. The van der Waals surface area contributed by atoms with Crippen molar-refractivity contribution in [1.29, 1.82) is 0 Å². The highest BCUT2D eigenvalue weighted by Crippen LogP contribution is 2.42. The molecule has 3 heterocycles. The Hall–Kier alpha value is -2.88. The van der Waals surface area contributed by atoms with Gasteiger partial charge in [0.25, 0.3) is 5.91 Å². The number of carbonyl (C=O) groups excluding carboxylic acids is 2. The fourth-order valence-corrected chi connectivity index (χ4v) is 5.16. The van der Waals surface area contributed by atoms with Gasteiger partial charge in [-0.25, -0.2) is 0 Å². The molecule has 0 spiro atoms. The van der Waals surface area contributed by atoms with Crippen molar-refractivity contribution in [2.75, 3.05) is 53.1 Å². The predicted molar refractivity (Wildman–Crippen MR) is 133 cm³/mol. The molecule has 1 fully saturated rings. The first-order chi connectivity index (χ1) is 17.0. The number of ether oxygens (including phenoxy) is 3. The van der Waals surface area contributed by atoms with E-state index in [0.717, 1.165) is 26.1 Å². The summed E-state index contributed by atoms with van der Waals surface area (Å²) in [6.45, 7) is 6.92. The normalized spacial score (nSPS) is 18.9. The van der Waals surface area contributed by atoms with Crippen LogP contribution in [0.1, 0.15) is 41.0 Å². The van der Waals surface area contributed by atoms with Gasteiger partial charge in [-0.2, -0.15) is 0 Å². The second kappa shape index (κ2) is 11.7. The molecule has 1 aromatic heterocycles. The molecule has 0 saturated carbocycles. The standard InChI is InChI=1S/C26H32N2O6S/c1-3-13-34-19-8-7-18(17-20(19)32-2)23-22(24(29)21-6-4-16-35-21)25(30)26(31)28(23)10-5-9-27-11-14-33-15-12-27/h4,6-8,16-17,23,30H,3,5,9-15H2,1-2H3/t23-/m1/s1. The van der Waals surface area contributed by atoms with Gasteiger partial charge < -0.3 is 24.2 Å². The Morgan fingerprint density at radius 2 is 2.00 bits per heavy atom. The minimum absolute atomic E-state index is 0.105. The molecule has 2 aromatic rings. The minimum Gasteiger partial charge on any atom is -0.503 e. The maximum atomic E-state index is 13.4. The van der Waals surface area contributed by atoms with E-state index < -0.39 is 17.7 Å². The number of morpholine rings is 1. The molecule has 35 heavy (non-hydrogen) atoms. The summed E-state index contributed by atoms with van der Waals surface area (Å²) in [7, 11) is 1.56. The summed E-state index contributed by atoms with van der Waals surface area (Å²) in [5.74, 6) is -0.226. The Morgan fingerprint density at radius 3 is 2.69 bits per heavy atom. The number of hydrogen-bond acceptors (Lipinski definition) is 8. The van der Waals surface area contributed by atoms with Crippen molar-refractivity contribution in [2.24, 2.45) is 0 Å². The van der Waals surface area contributed by atoms with E-state index in [1.54, 1.807) is 41.7 Å². The number of benzene rings is 1. The highest BCUT2D eigenvalue weighted by atomic mass is 32.1. The highest BCUT2D eigenvalue weighted by molar-refractivity contribution is 7.12. The SMILES string of the molecule is CCCOc1ccc([C@@H]2C(C(=O)c3cccs3)=C(O)C(=O)N2CCCN2CCOCC2)cc1OC. The highest BCUT2D eigenvalue weighted by Gasteiger charge is 2.44. The molecule has 4 rings (SSSR count). The van der Waals surface area contributed by atoms with Gasteiger partial charge in [-0.1, -0.05) is 19.1 Å². The minimum atomic E-state index is -0.712. The maximum Gasteiger partial charge on any atom is 0.290 e. The quantitative estimate of drug-likeness (QED) is 0.469. The lowest BCUT2D eigenvalue weighted by molar-refractivity contribution is -0.129. The zero-order valence-electron chi connectivity index (χ0n) is 20.2. The molecule has 2 aliphatic rings. The topological polar surface area (TPSA) is 88.5 Å². The summed E-state index contributed by atoms with van der Waals surface area (Å²) >= 11 is 1.29. The van der Waals surface area contributed by atoms with Crippen molar-refractivity contribution >= 4 is 23.0 Å². The van der Waals surface area contributed by atoms with Crippen LogP contribution in [0.3, 0.4) is 0 Å². The molecule has 9 heteroatoms. The molecule has 1 saturated heterocycles. The number of Topliss-reactive ketones (excluding diaryl/α,β-unsaturated/α-hetero) is 1. The molecule has 0 aliphatic carbocycles. The van der Waals surface area contributed by atoms with Crippen molar-refractivity contribution in [1.82, 2.24) is 9.80 Å². The number of amides is 1. The van der Waals surface area contributed by atoms with Gasteiger partial charge in [-0.15, -0.1) is 11.3 Å². The second-order valence-corrected chi connectivity index (χ2v) is 9.48. The van der Waals surface area contributed by atoms with E-state index in [4.69, 9.17) is 14.2 Å². The van der Waals surface area contributed by atoms with Crippen LogP contribution in [-0.2, 0) is 9.53 Å². The van der Waals surface area contributed by atoms with Crippen molar-refractivity contribution in [3.05, 3.63) is 57.5 Å². The molecule has 1 atom stereocenters. The first-order valence-corrected chi connectivity index (χ1v) is 12.9. The summed E-state index contributed by atoms with van der Waals surface area (Å²) in [5, 5.41) is 12.7. The van der Waals surface area contributed by atoms with E-state index >= 15 is 0 Å². The number of aliphatic hydroxyl groups excluding tert-OH is 1. The maximum absolute atomic E-state index is 13.4. The van der Waals surface area contributed by atoms with E-state index in [2.05, 4.69) is 4.90 Å². The van der Waals surface area contributed by atoms with Crippen LogP contribution in [0.2, 0.25) is 0 Å². The van der Waals surface area contributed by atoms with Crippen molar-refractivity contribution in [3.8, 4) is 11.5 Å². The van der Waals surface area contributed by atoms with E-state index in [-0.39, 0.29) is 11.4 Å². The lowest BCUT2D eigenvalue weighted by Crippen LogP contribution is -2.39. The van der Waals surface area contributed by atoms with Gasteiger partial charge in [0.05, 0.1) is 43.4 Å². The molecule has 188 valence electrons. The van der Waals surface area contributed by atoms with Crippen LogP contribution in [0.5, 0.6) is 11.5 Å². The van der Waals surface area contributed by atoms with Crippen LogP contribution < -0.4 is 9.47 Å². The Balaban J connectivity index is 1.64. The fraction of sp³-hybridized carbons (Fsp3) is 0.462. The summed E-state index contributed by atoms with van der Waals surface area (Å²) in [4.78, 5) is 31.0. The number of hydrogen-bond donors (Lipinski definition) is 1. The monoisotopic (exact) mass is 500 g/mol. The number of ketones is 1. The Labute approximate surface area is 209 Å². The first kappa shape index (κ1) is 25.2. The van der Waals surface area contributed by atoms with Gasteiger partial charge in [0, 0.05) is 26.2 Å². The third kappa shape index (κ3) is 5.52. The van der Waals surface area contributed by atoms with Crippen molar-refractivity contribution in [3.63, 3.8) is 0 Å². The van der Waals surface area contributed by atoms with Crippen LogP contribution >= 0.6 is 11.3 Å². The van der Waals surface area contributed by atoms with Gasteiger partial charge in [0.1, 0.15) is 0 Å². The molecule has 1 aromatic carbocycles. The smallest absolute Gasteiger partial charge is 0.290 e. The van der Waals surface area contributed by atoms with E-state index in [0.29, 0.717) is 54.7 Å². The molecule has 1 N–H and O–H groups in total. The molecule has 2 aliphatic heterocycles. The fourth-order valence-electron chi connectivity index (χ4n) is 4.48. The summed E-state index contributed by atoms with van der Waals surface area (Å²) < 4.78 is 16.7. The van der Waals surface area contributed by atoms with Gasteiger partial charge in [-0.3, -0.25) is 14.5 Å². The summed E-state index contributed by atoms with van der Waals surface area (Å²) in [6.07, 6.45) is 1.57. The zero-order chi connectivity index (χ0) is 24.8. The lowest BCUT2D eigenvalue weighted by Gasteiger charge is -2.30. The predicted octanol–water partition coefficient (Wildman–Crippen LogP) is 3.85. The molecular weight excluding hydrogens is 468 g/mol. The lowest BCUT2D eigenvalue weighted by atomic mass is 9.95. The number of aliphatic hydroxyl groups is 1. The average molecular weight is 501 g/mol. The zero-order valence-corrected chi connectivity index (χ0v) is 21.0. The van der Waals surface area contributed by atoms with Gasteiger partial charge in [0.15, 0.2) is 17.3 Å². The van der Waals surface area contributed by atoms with Crippen molar-refractivity contribution in [2.45, 2.75) is 25.8 Å². The summed E-state index contributed by atoms with van der Waals surface area (Å²) in [6, 6.07) is 8.19. The molecule has 8 nitrogen and oxygen atoms in total. The van der Waals surface area contributed by atoms with Gasteiger partial charge in [-0.05, 0) is 42.0 Å². The average Bonchev–Trinajstić information content (AvgIpc) is 3.51. The number of nitrogens with zero attached hydrogens (tertiary/aromatic N) is 2. The number of carbonyl (C=O) groups is 2. The number of thiophene rings is 1. The first-order valence-electron chi connectivity index (χ1n) is 12.0. The molecule has 0 radical (unpaired) electrons. The Morgan fingerprint density at radius 1 is 1.20 bits per heavy atom. The van der Waals surface area contributed by atoms with Crippen LogP contribution in [0.25, 0.3) is 0 Å². The molecule has 1 amide bonds. The third-order valence-corrected chi connectivity index (χ3v) is 7.10. The van der Waals surface area contributed by atoms with Crippen LogP contribution in [0, 0.1) is 0 Å². The van der Waals surface area contributed by atoms with Crippen LogP contribution in [0.15, 0.2) is 47.0 Å². The van der Waals surface area contributed by atoms with Gasteiger partial charge >= 0.3 is 0 Å². The Kier molecular flexibility index (Phi) is 8.43.